The van der Waals surface area contributed by atoms with Gasteiger partial charge in [0.05, 0.1) is 0 Å². The number of benzene rings is 2. The van der Waals surface area contributed by atoms with Gasteiger partial charge >= 0.3 is 11.6 Å². The fraction of sp³-hybridized carbons (Fsp3) is 0.261. The van der Waals surface area contributed by atoms with Gasteiger partial charge in [0.1, 0.15) is 18.7 Å². The average Bonchev–Trinajstić information content (AvgIpc) is 2.69. The van der Waals surface area contributed by atoms with Gasteiger partial charge in [-0.15, -0.1) is 0 Å². The standard InChI is InChI=1S/C23H22BrNO5/c1-13(2)18-10-19-16(9-21(26)30-20(19)8-14(18)3)12-29-22(27)11-25-23(28)15-4-6-17(24)7-5-15/h4-10,13H,11-12H2,1-3H3,(H,25,28). The molecule has 1 N–H and O–H groups in total. The maximum Gasteiger partial charge on any atom is 0.336 e. The predicted octanol–water partition coefficient (Wildman–Crippen LogP) is 4.46. The summed E-state index contributed by atoms with van der Waals surface area (Å²) in [6, 6.07) is 11.9. The summed E-state index contributed by atoms with van der Waals surface area (Å²) in [6.07, 6.45) is 0. The highest BCUT2D eigenvalue weighted by Gasteiger charge is 2.14. The van der Waals surface area contributed by atoms with E-state index >= 15 is 0 Å². The lowest BCUT2D eigenvalue weighted by Crippen LogP contribution is -2.30. The van der Waals surface area contributed by atoms with Gasteiger partial charge in [-0.05, 0) is 60.4 Å². The van der Waals surface area contributed by atoms with Crippen molar-refractivity contribution < 1.29 is 18.7 Å². The van der Waals surface area contributed by atoms with E-state index in [9.17, 15) is 14.4 Å². The zero-order chi connectivity index (χ0) is 21.8. The van der Waals surface area contributed by atoms with Crippen molar-refractivity contribution in [3.05, 3.63) is 79.6 Å². The molecule has 0 spiro atoms. The lowest BCUT2D eigenvalue weighted by molar-refractivity contribution is -0.143. The number of amides is 1. The molecule has 30 heavy (non-hydrogen) atoms. The normalized spacial score (nSPS) is 11.0. The van der Waals surface area contributed by atoms with E-state index in [4.69, 9.17) is 9.15 Å². The van der Waals surface area contributed by atoms with Crippen LogP contribution in [0.5, 0.6) is 0 Å². The molecule has 0 unspecified atom stereocenters. The lowest BCUT2D eigenvalue weighted by atomic mass is 9.95. The molecule has 0 fully saturated rings. The number of nitrogens with one attached hydrogen (secondary N) is 1. The van der Waals surface area contributed by atoms with E-state index in [2.05, 4.69) is 35.1 Å². The van der Waals surface area contributed by atoms with Crippen molar-refractivity contribution in [1.29, 1.82) is 0 Å². The van der Waals surface area contributed by atoms with Crippen molar-refractivity contribution in [3.8, 4) is 0 Å². The molecule has 0 aliphatic heterocycles. The van der Waals surface area contributed by atoms with Gasteiger partial charge in [-0.3, -0.25) is 9.59 Å². The van der Waals surface area contributed by atoms with Crippen LogP contribution >= 0.6 is 15.9 Å². The first-order valence-corrected chi connectivity index (χ1v) is 10.3. The smallest absolute Gasteiger partial charge is 0.336 e. The summed E-state index contributed by atoms with van der Waals surface area (Å²) in [6.45, 7) is 5.78. The quantitative estimate of drug-likeness (QED) is 0.423. The van der Waals surface area contributed by atoms with Gasteiger partial charge in [0.2, 0.25) is 0 Å². The van der Waals surface area contributed by atoms with Crippen LogP contribution in [0.3, 0.4) is 0 Å². The highest BCUT2D eigenvalue weighted by molar-refractivity contribution is 9.10. The van der Waals surface area contributed by atoms with E-state index in [1.54, 1.807) is 24.3 Å². The number of ether oxygens (including phenoxy) is 1. The molecule has 3 rings (SSSR count). The van der Waals surface area contributed by atoms with Crippen molar-refractivity contribution in [1.82, 2.24) is 5.32 Å². The monoisotopic (exact) mass is 471 g/mol. The van der Waals surface area contributed by atoms with Gasteiger partial charge in [-0.1, -0.05) is 29.8 Å². The largest absolute Gasteiger partial charge is 0.459 e. The van der Waals surface area contributed by atoms with Gasteiger partial charge in [0.15, 0.2) is 0 Å². The van der Waals surface area contributed by atoms with Crippen molar-refractivity contribution in [2.75, 3.05) is 6.54 Å². The van der Waals surface area contributed by atoms with Crippen LogP contribution in [-0.2, 0) is 16.1 Å². The van der Waals surface area contributed by atoms with Crippen molar-refractivity contribution in [3.63, 3.8) is 0 Å². The number of aryl methyl sites for hydroxylation is 1. The molecule has 0 atom stereocenters. The highest BCUT2D eigenvalue weighted by Crippen LogP contribution is 2.27. The van der Waals surface area contributed by atoms with Crippen LogP contribution in [0.25, 0.3) is 11.0 Å². The van der Waals surface area contributed by atoms with Gasteiger partial charge in [0, 0.05) is 27.1 Å². The zero-order valence-electron chi connectivity index (χ0n) is 17.0. The number of esters is 1. The first kappa shape index (κ1) is 21.8. The van der Waals surface area contributed by atoms with Gasteiger partial charge in [-0.2, -0.15) is 0 Å². The van der Waals surface area contributed by atoms with Crippen LogP contribution in [0.4, 0.5) is 0 Å². The number of fused-ring (bicyclic) bond motifs is 1. The Hall–Kier alpha value is -2.93. The van der Waals surface area contributed by atoms with Gasteiger partial charge in [0.25, 0.3) is 5.91 Å². The Bertz CT molecular complexity index is 1150. The summed E-state index contributed by atoms with van der Waals surface area (Å²) in [7, 11) is 0. The third-order valence-corrected chi connectivity index (χ3v) is 5.26. The van der Waals surface area contributed by atoms with Crippen molar-refractivity contribution in [2.24, 2.45) is 0 Å². The molecule has 0 aliphatic rings. The Balaban J connectivity index is 1.69. The maximum atomic E-state index is 12.1. The molecule has 0 bridgehead atoms. The first-order chi connectivity index (χ1) is 14.2. The topological polar surface area (TPSA) is 85.6 Å². The van der Waals surface area contributed by atoms with Crippen molar-refractivity contribution in [2.45, 2.75) is 33.3 Å². The van der Waals surface area contributed by atoms with Gasteiger partial charge < -0.3 is 14.5 Å². The summed E-state index contributed by atoms with van der Waals surface area (Å²) in [4.78, 5) is 36.1. The van der Waals surface area contributed by atoms with E-state index in [1.807, 2.05) is 19.1 Å². The van der Waals surface area contributed by atoms with Crippen LogP contribution in [0.2, 0.25) is 0 Å². The summed E-state index contributed by atoms with van der Waals surface area (Å²) in [5.41, 5.74) is 3.12. The molecule has 0 radical (unpaired) electrons. The van der Waals surface area contributed by atoms with Crippen molar-refractivity contribution >= 4 is 38.8 Å². The Kier molecular flexibility index (Phi) is 6.72. The van der Waals surface area contributed by atoms with Crippen LogP contribution in [0.15, 0.2) is 56.1 Å². The molecular weight excluding hydrogens is 450 g/mol. The molecule has 0 aliphatic carbocycles. The molecule has 2 aromatic carbocycles. The fourth-order valence-electron chi connectivity index (χ4n) is 3.20. The Morgan fingerprint density at radius 2 is 1.83 bits per heavy atom. The number of carbonyl (C=O) groups is 2. The molecule has 1 heterocycles. The Morgan fingerprint density at radius 1 is 1.13 bits per heavy atom. The molecule has 1 amide bonds. The van der Waals surface area contributed by atoms with Crippen LogP contribution in [-0.4, -0.2) is 18.4 Å². The Labute approximate surface area is 182 Å². The minimum absolute atomic E-state index is 0.0876. The number of hydrogen-bond donors (Lipinski definition) is 1. The Morgan fingerprint density at radius 3 is 2.50 bits per heavy atom. The minimum Gasteiger partial charge on any atom is -0.459 e. The molecule has 0 saturated heterocycles. The van der Waals surface area contributed by atoms with Gasteiger partial charge in [-0.25, -0.2) is 4.79 Å². The van der Waals surface area contributed by atoms with E-state index in [0.29, 0.717) is 22.6 Å². The van der Waals surface area contributed by atoms with Crippen LogP contribution in [0.1, 0.15) is 46.8 Å². The summed E-state index contributed by atoms with van der Waals surface area (Å²) < 4.78 is 11.4. The highest BCUT2D eigenvalue weighted by atomic mass is 79.9. The molecule has 0 saturated carbocycles. The number of halogens is 1. The first-order valence-electron chi connectivity index (χ1n) is 9.51. The van der Waals surface area contributed by atoms with E-state index in [0.717, 1.165) is 21.0 Å². The van der Waals surface area contributed by atoms with E-state index < -0.39 is 11.6 Å². The average molecular weight is 472 g/mol. The molecule has 7 heteroatoms. The summed E-state index contributed by atoms with van der Waals surface area (Å²) >= 11 is 3.30. The predicted molar refractivity (Wildman–Crippen MR) is 118 cm³/mol. The number of carbonyl (C=O) groups excluding carboxylic acids is 2. The van der Waals surface area contributed by atoms with Crippen LogP contribution in [0, 0.1) is 6.92 Å². The molecule has 3 aromatic rings. The minimum atomic E-state index is -0.599. The molecular formula is C23H22BrNO5. The fourth-order valence-corrected chi connectivity index (χ4v) is 3.46. The van der Waals surface area contributed by atoms with Crippen LogP contribution < -0.4 is 10.9 Å². The number of rotatable bonds is 6. The second-order valence-electron chi connectivity index (χ2n) is 7.30. The second-order valence-corrected chi connectivity index (χ2v) is 8.22. The third kappa shape index (κ3) is 5.16. The third-order valence-electron chi connectivity index (χ3n) is 4.73. The zero-order valence-corrected chi connectivity index (χ0v) is 18.5. The SMILES string of the molecule is Cc1cc2oc(=O)cc(COC(=O)CNC(=O)c3ccc(Br)cc3)c2cc1C(C)C. The summed E-state index contributed by atoms with van der Waals surface area (Å²) in [5.74, 6) is -0.675. The molecule has 156 valence electrons. The lowest BCUT2D eigenvalue weighted by Gasteiger charge is -2.13. The molecule has 6 nitrogen and oxygen atoms in total. The maximum absolute atomic E-state index is 12.1. The summed E-state index contributed by atoms with van der Waals surface area (Å²) in [5, 5.41) is 3.26. The number of hydrogen-bond acceptors (Lipinski definition) is 5. The van der Waals surface area contributed by atoms with E-state index in [-0.39, 0.29) is 19.1 Å². The molecule has 1 aromatic heterocycles. The van der Waals surface area contributed by atoms with E-state index in [1.165, 1.54) is 6.07 Å². The second kappa shape index (κ2) is 9.26.